The van der Waals surface area contributed by atoms with E-state index >= 15 is 0 Å². The van der Waals surface area contributed by atoms with Crippen molar-refractivity contribution in [2.75, 3.05) is 26.4 Å². The molecule has 1 nitrogen and oxygen atoms in total. The fourth-order valence-corrected chi connectivity index (χ4v) is 2.66. The molecule has 0 heterocycles. The van der Waals surface area contributed by atoms with Gasteiger partial charge in [-0.05, 0) is 32.7 Å². The second-order valence-corrected chi connectivity index (χ2v) is 6.33. The number of hydrogen-bond donors (Lipinski definition) is 1. The van der Waals surface area contributed by atoms with Gasteiger partial charge in [0.1, 0.15) is 0 Å². The van der Waals surface area contributed by atoms with Crippen molar-refractivity contribution in [2.45, 2.75) is 20.8 Å². The fraction of sp³-hybridized carbons (Fsp3) is 0.889. The Kier molecular flexibility index (Phi) is 5.99. The summed E-state index contributed by atoms with van der Waals surface area (Å²) in [5.41, 5.74) is 0. The first-order chi connectivity index (χ1) is 5.13. The standard InChI is InChI=1S/C9H22NP/c1-6-11(5)9(3)8(2)7-10-4/h8,10-11H,6-7H2,1-5H3/t8-/m1/s1. The normalized spacial score (nSPS) is 17.7. The third kappa shape index (κ3) is 3.98. The van der Waals surface area contributed by atoms with Gasteiger partial charge in [-0.1, -0.05) is 19.1 Å². The molecule has 0 saturated carbocycles. The predicted molar refractivity (Wildman–Crippen MR) is 58.6 cm³/mol. The summed E-state index contributed by atoms with van der Waals surface area (Å²) in [5.74, 6) is 0.763. The van der Waals surface area contributed by atoms with Gasteiger partial charge in [0, 0.05) is 6.54 Å². The lowest BCUT2D eigenvalue weighted by Gasteiger charge is -2.14. The Hall–Kier alpha value is 0.260. The highest BCUT2D eigenvalue weighted by atomic mass is 31.1. The summed E-state index contributed by atoms with van der Waals surface area (Å²) in [4.78, 5) is 0. The highest BCUT2D eigenvalue weighted by Gasteiger charge is 2.03. The highest BCUT2D eigenvalue weighted by Crippen LogP contribution is 2.22. The molecule has 0 saturated heterocycles. The molecule has 1 N–H and O–H groups in total. The molecular formula is C9H22NP. The van der Waals surface area contributed by atoms with Crippen molar-refractivity contribution in [3.8, 4) is 0 Å². The fourth-order valence-electron chi connectivity index (χ4n) is 1.16. The molecule has 68 valence electrons. The Labute approximate surface area is 72.0 Å². The first-order valence-corrected chi connectivity index (χ1v) is 6.65. The van der Waals surface area contributed by atoms with E-state index in [1.807, 2.05) is 7.05 Å². The van der Waals surface area contributed by atoms with Gasteiger partial charge in [0.25, 0.3) is 0 Å². The third-order valence-corrected chi connectivity index (χ3v) is 5.35. The summed E-state index contributed by atoms with van der Waals surface area (Å²) in [6, 6.07) is 0. The molecule has 0 aliphatic carbocycles. The molecule has 11 heavy (non-hydrogen) atoms. The monoisotopic (exact) mass is 175 g/mol. The molecule has 1 unspecified atom stereocenters. The molecule has 0 spiro atoms. The van der Waals surface area contributed by atoms with Gasteiger partial charge in [-0.3, -0.25) is 0 Å². The zero-order chi connectivity index (χ0) is 8.85. The van der Waals surface area contributed by atoms with Crippen molar-refractivity contribution >= 4 is 12.8 Å². The van der Waals surface area contributed by atoms with Gasteiger partial charge in [-0.15, -0.1) is 7.55 Å². The van der Waals surface area contributed by atoms with E-state index in [0.717, 1.165) is 12.5 Å². The molecule has 0 bridgehead atoms. The molecule has 0 fully saturated rings. The average Bonchev–Trinajstić information content (AvgIpc) is 2.02. The Balaban J connectivity index is 4.09. The van der Waals surface area contributed by atoms with E-state index in [1.54, 1.807) is 5.29 Å². The minimum Gasteiger partial charge on any atom is -0.319 e. The Morgan fingerprint density at radius 3 is 2.45 bits per heavy atom. The van der Waals surface area contributed by atoms with Crippen LogP contribution in [0.4, 0.5) is 0 Å². The maximum Gasteiger partial charge on any atom is 0.00114 e. The number of rotatable bonds is 4. The molecule has 2 heteroatoms. The van der Waals surface area contributed by atoms with Crippen LogP contribution in [0.2, 0.25) is 0 Å². The smallest absolute Gasteiger partial charge is 0.00114 e. The lowest BCUT2D eigenvalue weighted by atomic mass is 10.1. The zero-order valence-electron chi connectivity index (χ0n) is 8.49. The zero-order valence-corrected chi connectivity index (χ0v) is 9.49. The van der Waals surface area contributed by atoms with Crippen molar-refractivity contribution in [1.29, 1.82) is 0 Å². The van der Waals surface area contributed by atoms with Crippen LogP contribution in [-0.2, 0) is 0 Å². The molecule has 0 radical (unpaired) electrons. The van der Waals surface area contributed by atoms with Crippen LogP contribution in [0.5, 0.6) is 0 Å². The van der Waals surface area contributed by atoms with Gasteiger partial charge in [-0.25, -0.2) is 0 Å². The van der Waals surface area contributed by atoms with E-state index in [-0.39, 0.29) is 7.55 Å². The maximum absolute atomic E-state index is 3.22. The Morgan fingerprint density at radius 1 is 1.55 bits per heavy atom. The molecule has 0 aromatic carbocycles. The summed E-state index contributed by atoms with van der Waals surface area (Å²) >= 11 is 0. The van der Waals surface area contributed by atoms with E-state index in [4.69, 9.17) is 0 Å². The molecule has 0 amide bonds. The molecule has 0 rings (SSSR count). The second kappa shape index (κ2) is 5.85. The van der Waals surface area contributed by atoms with Gasteiger partial charge in [0.2, 0.25) is 0 Å². The summed E-state index contributed by atoms with van der Waals surface area (Å²) in [6.07, 6.45) is 1.37. The lowest BCUT2D eigenvalue weighted by Crippen LogP contribution is -2.21. The molecule has 0 aliphatic rings. The van der Waals surface area contributed by atoms with E-state index < -0.39 is 0 Å². The number of nitrogens with one attached hydrogen (secondary N) is 1. The summed E-state index contributed by atoms with van der Waals surface area (Å²) in [6.45, 7) is 10.5. The summed E-state index contributed by atoms with van der Waals surface area (Å²) in [5, 5.41) is 4.95. The van der Waals surface area contributed by atoms with Gasteiger partial charge in [0.15, 0.2) is 0 Å². The molecular weight excluding hydrogens is 153 g/mol. The van der Waals surface area contributed by atoms with Crippen LogP contribution in [0, 0.1) is 5.92 Å². The highest BCUT2D eigenvalue weighted by molar-refractivity contribution is 7.58. The predicted octanol–water partition coefficient (Wildman–Crippen LogP) is 1.90. The van der Waals surface area contributed by atoms with E-state index in [1.165, 1.54) is 6.16 Å². The third-order valence-electron chi connectivity index (χ3n) is 2.45. The van der Waals surface area contributed by atoms with Crippen LogP contribution in [0.1, 0.15) is 20.8 Å². The van der Waals surface area contributed by atoms with Crippen LogP contribution >= 0.6 is 7.55 Å². The number of hydrogen-bond acceptors (Lipinski definition) is 1. The molecule has 0 aromatic heterocycles. The summed E-state index contributed by atoms with van der Waals surface area (Å²) < 4.78 is 0. The van der Waals surface area contributed by atoms with E-state index in [2.05, 4.69) is 32.8 Å². The van der Waals surface area contributed by atoms with Crippen molar-refractivity contribution in [1.82, 2.24) is 5.32 Å². The topological polar surface area (TPSA) is 12.0 Å². The first kappa shape index (κ1) is 11.3. The first-order valence-electron chi connectivity index (χ1n) is 4.44. The van der Waals surface area contributed by atoms with E-state index in [0.29, 0.717) is 0 Å². The van der Waals surface area contributed by atoms with Crippen LogP contribution in [-0.4, -0.2) is 31.7 Å². The SMILES string of the molecule is CC/[PH](C)=C(/C)[C@H](C)CNC. The van der Waals surface area contributed by atoms with Crippen molar-refractivity contribution in [3.05, 3.63) is 0 Å². The van der Waals surface area contributed by atoms with Crippen LogP contribution in [0.25, 0.3) is 0 Å². The van der Waals surface area contributed by atoms with Gasteiger partial charge in [-0.2, -0.15) is 0 Å². The van der Waals surface area contributed by atoms with Crippen LogP contribution in [0.15, 0.2) is 0 Å². The largest absolute Gasteiger partial charge is 0.319 e. The van der Waals surface area contributed by atoms with Gasteiger partial charge in [0.05, 0.1) is 0 Å². The maximum atomic E-state index is 3.22. The minimum absolute atomic E-state index is 0.151. The quantitative estimate of drug-likeness (QED) is 0.643. The van der Waals surface area contributed by atoms with Crippen molar-refractivity contribution < 1.29 is 0 Å². The van der Waals surface area contributed by atoms with Crippen LogP contribution < -0.4 is 5.32 Å². The van der Waals surface area contributed by atoms with Crippen molar-refractivity contribution in [2.24, 2.45) is 5.92 Å². The van der Waals surface area contributed by atoms with Gasteiger partial charge >= 0.3 is 0 Å². The second-order valence-electron chi connectivity index (χ2n) is 3.28. The molecule has 0 aliphatic heterocycles. The minimum atomic E-state index is -0.151. The molecule has 2 atom stereocenters. The molecule has 0 aromatic rings. The van der Waals surface area contributed by atoms with Crippen molar-refractivity contribution in [3.63, 3.8) is 0 Å². The lowest BCUT2D eigenvalue weighted by molar-refractivity contribution is 0.684. The Bertz CT molecular complexity index is 140. The average molecular weight is 175 g/mol. The van der Waals surface area contributed by atoms with E-state index in [9.17, 15) is 0 Å². The van der Waals surface area contributed by atoms with Crippen LogP contribution in [0.3, 0.4) is 0 Å². The van der Waals surface area contributed by atoms with Gasteiger partial charge < -0.3 is 5.32 Å². The Morgan fingerprint density at radius 2 is 2.09 bits per heavy atom. The summed E-state index contributed by atoms with van der Waals surface area (Å²) in [7, 11) is 1.87.